The summed E-state index contributed by atoms with van der Waals surface area (Å²) in [5.41, 5.74) is 1.50. The van der Waals surface area contributed by atoms with E-state index < -0.39 is 21.7 Å². The van der Waals surface area contributed by atoms with Gasteiger partial charge >= 0.3 is 16.3 Å². The molecule has 0 spiro atoms. The largest absolute Gasteiger partial charge is 0.464 e. The second-order valence-corrected chi connectivity index (χ2v) is 12.5. The highest BCUT2D eigenvalue weighted by Crippen LogP contribution is 2.35. The number of hydrogen-bond donors (Lipinski definition) is 1. The fourth-order valence-corrected chi connectivity index (χ4v) is 5.90. The number of amides is 1. The van der Waals surface area contributed by atoms with E-state index in [1.165, 1.54) is 30.0 Å². The number of hydrogen-bond acceptors (Lipinski definition) is 3. The van der Waals surface area contributed by atoms with Crippen molar-refractivity contribution < 1.29 is 18.3 Å². The average molecular weight is 511 g/mol. The summed E-state index contributed by atoms with van der Waals surface area (Å²) in [5, 5.41) is 10.1. The van der Waals surface area contributed by atoms with Crippen molar-refractivity contribution in [3.05, 3.63) is 29.3 Å². The molecule has 0 aliphatic rings. The lowest BCUT2D eigenvalue weighted by Gasteiger charge is -2.32. The van der Waals surface area contributed by atoms with Crippen LogP contribution in [-0.4, -0.2) is 37.0 Å². The van der Waals surface area contributed by atoms with Crippen LogP contribution in [0.5, 0.6) is 0 Å². The van der Waals surface area contributed by atoms with Gasteiger partial charge < -0.3 is 5.11 Å². The van der Waals surface area contributed by atoms with E-state index in [1.54, 1.807) is 12.1 Å². The Morgan fingerprint density at radius 2 is 1.29 bits per heavy atom. The number of carbonyl (C=O) groups is 1. The molecule has 35 heavy (non-hydrogen) atoms. The van der Waals surface area contributed by atoms with E-state index in [2.05, 4.69) is 13.8 Å². The van der Waals surface area contributed by atoms with Crippen LogP contribution < -0.4 is 4.31 Å². The summed E-state index contributed by atoms with van der Waals surface area (Å²) in [6, 6.07) is 5.31. The van der Waals surface area contributed by atoms with Crippen molar-refractivity contribution in [1.82, 2.24) is 4.31 Å². The molecule has 1 amide bonds. The van der Waals surface area contributed by atoms with E-state index in [-0.39, 0.29) is 5.69 Å². The van der Waals surface area contributed by atoms with Crippen LogP contribution in [0.3, 0.4) is 0 Å². The first kappa shape index (κ1) is 31.4. The third-order valence-electron chi connectivity index (χ3n) is 6.43. The molecule has 0 atom stereocenters. The van der Waals surface area contributed by atoms with Crippen LogP contribution in [0.25, 0.3) is 0 Å². The highest BCUT2D eigenvalue weighted by atomic mass is 32.2. The van der Waals surface area contributed by atoms with Crippen LogP contribution in [-0.2, 0) is 15.6 Å². The molecule has 0 saturated heterocycles. The molecule has 0 aliphatic carbocycles. The van der Waals surface area contributed by atoms with E-state index in [4.69, 9.17) is 0 Å². The number of rotatable bonds is 17. The third kappa shape index (κ3) is 10.5. The number of anilines is 1. The van der Waals surface area contributed by atoms with Crippen molar-refractivity contribution in [2.24, 2.45) is 0 Å². The van der Waals surface area contributed by atoms with Gasteiger partial charge in [0.15, 0.2) is 0 Å². The van der Waals surface area contributed by atoms with Gasteiger partial charge in [0.2, 0.25) is 0 Å². The maximum Gasteiger partial charge on any atom is 0.426 e. The molecule has 0 heterocycles. The molecular weight excluding hydrogens is 460 g/mol. The van der Waals surface area contributed by atoms with Crippen LogP contribution >= 0.6 is 0 Å². The number of unbranched alkanes of at least 4 members (excludes halogenated alkanes) is 10. The summed E-state index contributed by atoms with van der Waals surface area (Å²) in [6.45, 7) is 12.9. The predicted molar refractivity (Wildman–Crippen MR) is 148 cm³/mol. The van der Waals surface area contributed by atoms with Gasteiger partial charge in [0, 0.05) is 13.1 Å². The highest BCUT2D eigenvalue weighted by molar-refractivity contribution is 7.91. The lowest BCUT2D eigenvalue weighted by Crippen LogP contribution is -2.48. The molecule has 0 aliphatic heterocycles. The Morgan fingerprint density at radius 1 is 0.829 bits per heavy atom. The van der Waals surface area contributed by atoms with Crippen molar-refractivity contribution in [1.29, 1.82) is 0 Å². The van der Waals surface area contributed by atoms with E-state index in [1.807, 2.05) is 33.8 Å². The molecule has 1 N–H and O–H groups in total. The zero-order valence-electron chi connectivity index (χ0n) is 23.1. The van der Waals surface area contributed by atoms with Crippen LogP contribution in [0.2, 0.25) is 0 Å². The zero-order valence-corrected chi connectivity index (χ0v) is 23.9. The second-order valence-electron chi connectivity index (χ2n) is 10.8. The van der Waals surface area contributed by atoms with Crippen molar-refractivity contribution in [3.8, 4) is 0 Å². The van der Waals surface area contributed by atoms with E-state index >= 15 is 0 Å². The SMILES string of the molecule is CCCCCCCCN(CCCCCCCC)S(=O)(=O)N(C(=O)O)c1ccc(C)cc1C(C)(C)C. The molecule has 7 heteroatoms. The van der Waals surface area contributed by atoms with E-state index in [0.29, 0.717) is 23.0 Å². The molecule has 1 rings (SSSR count). The fraction of sp³-hybridized carbons (Fsp3) is 0.750. The lowest BCUT2D eigenvalue weighted by atomic mass is 9.85. The molecule has 0 aromatic heterocycles. The van der Waals surface area contributed by atoms with Gasteiger partial charge in [0.1, 0.15) is 0 Å². The highest BCUT2D eigenvalue weighted by Gasteiger charge is 2.37. The topological polar surface area (TPSA) is 77.9 Å². The van der Waals surface area contributed by atoms with Crippen LogP contribution in [0.1, 0.15) is 123 Å². The van der Waals surface area contributed by atoms with Crippen molar-refractivity contribution in [2.75, 3.05) is 17.4 Å². The summed E-state index contributed by atoms with van der Waals surface area (Å²) >= 11 is 0. The summed E-state index contributed by atoms with van der Waals surface area (Å²) in [5.74, 6) is 0. The smallest absolute Gasteiger partial charge is 0.426 e. The Kier molecular flexibility index (Phi) is 13.9. The Hall–Kier alpha value is -1.60. The minimum atomic E-state index is -4.24. The van der Waals surface area contributed by atoms with E-state index in [9.17, 15) is 18.3 Å². The van der Waals surface area contributed by atoms with Crippen LogP contribution in [0.4, 0.5) is 10.5 Å². The zero-order chi connectivity index (χ0) is 26.5. The van der Waals surface area contributed by atoms with Gasteiger partial charge in [0.25, 0.3) is 0 Å². The van der Waals surface area contributed by atoms with Crippen LogP contribution in [0.15, 0.2) is 18.2 Å². The van der Waals surface area contributed by atoms with Gasteiger partial charge in [-0.1, -0.05) is 117 Å². The standard InChI is InChI=1S/C28H50N2O4S/c1-7-9-11-13-15-17-21-29(22-18-16-14-12-10-8-2)35(33,34)30(27(31)32)26-20-19-24(3)23-25(26)28(4,5)6/h19-20,23H,7-18,21-22H2,1-6H3,(H,31,32). The van der Waals surface area contributed by atoms with E-state index in [0.717, 1.165) is 56.9 Å². The summed E-state index contributed by atoms with van der Waals surface area (Å²) in [7, 11) is -4.24. The molecule has 1 aromatic rings. The minimum Gasteiger partial charge on any atom is -0.464 e. The second kappa shape index (κ2) is 15.5. The summed E-state index contributed by atoms with van der Waals surface area (Å²) in [4.78, 5) is 12.4. The number of nitrogens with zero attached hydrogens (tertiary/aromatic N) is 2. The molecule has 0 saturated carbocycles. The van der Waals surface area contributed by atoms with Gasteiger partial charge in [-0.2, -0.15) is 17.0 Å². The van der Waals surface area contributed by atoms with Crippen molar-refractivity contribution in [3.63, 3.8) is 0 Å². The number of carboxylic acid groups (broad SMARTS) is 1. The number of aryl methyl sites for hydroxylation is 1. The molecular formula is C28H50N2O4S. The normalized spacial score (nSPS) is 12.3. The first-order valence-electron chi connectivity index (χ1n) is 13.6. The van der Waals surface area contributed by atoms with Crippen molar-refractivity contribution in [2.45, 2.75) is 124 Å². The number of benzene rings is 1. The molecule has 6 nitrogen and oxygen atoms in total. The summed E-state index contributed by atoms with van der Waals surface area (Å²) in [6.07, 6.45) is 11.1. The molecule has 0 unspecified atom stereocenters. The first-order valence-corrected chi connectivity index (χ1v) is 15.0. The maximum absolute atomic E-state index is 13.8. The van der Waals surface area contributed by atoms with Gasteiger partial charge in [-0.3, -0.25) is 0 Å². The monoisotopic (exact) mass is 510 g/mol. The first-order chi connectivity index (χ1) is 16.5. The Morgan fingerprint density at radius 3 is 1.71 bits per heavy atom. The fourth-order valence-electron chi connectivity index (χ4n) is 4.35. The van der Waals surface area contributed by atoms with Gasteiger partial charge in [-0.15, -0.1) is 0 Å². The molecule has 1 aromatic carbocycles. The van der Waals surface area contributed by atoms with Crippen molar-refractivity contribution >= 4 is 22.0 Å². The molecule has 0 fully saturated rings. The lowest BCUT2D eigenvalue weighted by molar-refractivity contribution is 0.205. The third-order valence-corrected chi connectivity index (χ3v) is 8.26. The summed E-state index contributed by atoms with van der Waals surface area (Å²) < 4.78 is 29.7. The Bertz CT molecular complexity index is 846. The molecule has 202 valence electrons. The Balaban J connectivity index is 3.19. The predicted octanol–water partition coefficient (Wildman–Crippen LogP) is 8.04. The van der Waals surface area contributed by atoms with Crippen LogP contribution in [0, 0.1) is 6.92 Å². The molecule has 0 radical (unpaired) electrons. The molecule has 0 bridgehead atoms. The maximum atomic E-state index is 13.8. The van der Waals surface area contributed by atoms with Gasteiger partial charge in [0.05, 0.1) is 5.69 Å². The quantitative estimate of drug-likeness (QED) is 0.215. The average Bonchev–Trinajstić information content (AvgIpc) is 2.76. The Labute approximate surface area is 215 Å². The minimum absolute atomic E-state index is 0.228. The van der Waals surface area contributed by atoms with Gasteiger partial charge in [-0.05, 0) is 36.8 Å². The van der Waals surface area contributed by atoms with Gasteiger partial charge in [-0.25, -0.2) is 4.79 Å².